The standard InChI is InChI=1S/C22H24N4O2S/c27-29(28,17-18-7-2-1-3-8-18)26-15-12-19(13-16-26)20-9-6-11-22(24-20)25-21-10-4-5-14-23-21/h1-11,14,19H,12-13,15-17H2,(H,23,24,25). The summed E-state index contributed by atoms with van der Waals surface area (Å²) in [6.07, 6.45) is 3.28. The van der Waals surface area contributed by atoms with Crippen LogP contribution in [0, 0.1) is 0 Å². The highest BCUT2D eigenvalue weighted by Crippen LogP contribution is 2.29. The third-order valence-electron chi connectivity index (χ3n) is 5.15. The summed E-state index contributed by atoms with van der Waals surface area (Å²) in [5, 5.41) is 3.22. The first-order chi connectivity index (χ1) is 14.1. The molecule has 0 unspecified atom stereocenters. The normalized spacial score (nSPS) is 15.9. The third-order valence-corrected chi connectivity index (χ3v) is 7.00. The number of aromatic nitrogens is 2. The molecule has 3 aromatic rings. The average molecular weight is 409 g/mol. The number of sulfonamides is 1. The van der Waals surface area contributed by atoms with E-state index in [2.05, 4.69) is 10.3 Å². The van der Waals surface area contributed by atoms with Gasteiger partial charge in [-0.1, -0.05) is 42.5 Å². The van der Waals surface area contributed by atoms with E-state index in [0.29, 0.717) is 13.1 Å². The quantitative estimate of drug-likeness (QED) is 0.669. The lowest BCUT2D eigenvalue weighted by Crippen LogP contribution is -2.38. The van der Waals surface area contributed by atoms with Crippen molar-refractivity contribution in [3.63, 3.8) is 0 Å². The molecule has 1 saturated heterocycles. The first-order valence-corrected chi connectivity index (χ1v) is 11.4. The summed E-state index contributed by atoms with van der Waals surface area (Å²) in [6.45, 7) is 1.05. The predicted octanol–water partition coefficient (Wildman–Crippen LogP) is 3.93. The molecule has 1 aliphatic heterocycles. The lowest BCUT2D eigenvalue weighted by molar-refractivity contribution is 0.316. The second-order valence-electron chi connectivity index (χ2n) is 7.20. The van der Waals surface area contributed by atoms with Crippen molar-refractivity contribution in [3.8, 4) is 0 Å². The topological polar surface area (TPSA) is 75.2 Å². The zero-order chi connectivity index (χ0) is 20.1. The van der Waals surface area contributed by atoms with E-state index in [1.165, 1.54) is 0 Å². The molecule has 1 aliphatic rings. The maximum Gasteiger partial charge on any atom is 0.218 e. The fourth-order valence-electron chi connectivity index (χ4n) is 3.62. The number of rotatable bonds is 6. The third kappa shape index (κ3) is 4.99. The highest BCUT2D eigenvalue weighted by atomic mass is 32.2. The molecule has 29 heavy (non-hydrogen) atoms. The SMILES string of the molecule is O=S(=O)(Cc1ccccc1)N1CCC(c2cccc(Nc3ccccn3)n2)CC1. The van der Waals surface area contributed by atoms with Crippen LogP contribution in [0.15, 0.2) is 72.9 Å². The van der Waals surface area contributed by atoms with Crippen LogP contribution >= 0.6 is 0 Å². The molecule has 150 valence electrons. The smallest absolute Gasteiger partial charge is 0.218 e. The zero-order valence-electron chi connectivity index (χ0n) is 16.1. The first kappa shape index (κ1) is 19.5. The number of nitrogens with one attached hydrogen (secondary N) is 1. The number of piperidine rings is 1. The van der Waals surface area contributed by atoms with Gasteiger partial charge in [0.05, 0.1) is 5.75 Å². The minimum Gasteiger partial charge on any atom is -0.325 e. The molecule has 0 amide bonds. The number of anilines is 2. The second kappa shape index (κ2) is 8.71. The van der Waals surface area contributed by atoms with Crippen LogP contribution in [0.25, 0.3) is 0 Å². The molecule has 0 bridgehead atoms. The Balaban J connectivity index is 1.39. The fraction of sp³-hybridized carbons (Fsp3) is 0.273. The van der Waals surface area contributed by atoms with Gasteiger partial charge in [0, 0.05) is 30.9 Å². The predicted molar refractivity (Wildman–Crippen MR) is 114 cm³/mol. The van der Waals surface area contributed by atoms with Crippen molar-refractivity contribution < 1.29 is 8.42 Å². The van der Waals surface area contributed by atoms with Crippen molar-refractivity contribution in [1.29, 1.82) is 0 Å². The van der Waals surface area contributed by atoms with Crippen LogP contribution < -0.4 is 5.32 Å². The number of benzene rings is 1. The Morgan fingerprint density at radius 2 is 1.62 bits per heavy atom. The molecule has 4 rings (SSSR count). The number of hydrogen-bond donors (Lipinski definition) is 1. The summed E-state index contributed by atoms with van der Waals surface area (Å²) in [5.74, 6) is 1.81. The van der Waals surface area contributed by atoms with E-state index in [9.17, 15) is 8.42 Å². The fourth-order valence-corrected chi connectivity index (χ4v) is 5.19. The summed E-state index contributed by atoms with van der Waals surface area (Å²) < 4.78 is 27.1. The Morgan fingerprint density at radius 1 is 0.897 bits per heavy atom. The highest BCUT2D eigenvalue weighted by molar-refractivity contribution is 7.88. The molecular formula is C22H24N4O2S. The highest BCUT2D eigenvalue weighted by Gasteiger charge is 2.29. The number of pyridine rings is 2. The van der Waals surface area contributed by atoms with Crippen molar-refractivity contribution in [3.05, 3.63) is 84.2 Å². The van der Waals surface area contributed by atoms with Gasteiger partial charge in [0.15, 0.2) is 0 Å². The molecule has 0 saturated carbocycles. The van der Waals surface area contributed by atoms with Crippen LogP contribution in [-0.4, -0.2) is 35.8 Å². The molecule has 0 atom stereocenters. The summed E-state index contributed by atoms with van der Waals surface area (Å²) in [5.41, 5.74) is 1.82. The Hall–Kier alpha value is -2.77. The lowest BCUT2D eigenvalue weighted by atomic mass is 9.94. The Kier molecular flexibility index (Phi) is 5.87. The van der Waals surface area contributed by atoms with Gasteiger partial charge in [-0.3, -0.25) is 0 Å². The minimum atomic E-state index is -3.30. The Bertz CT molecular complexity index is 1030. The number of hydrogen-bond acceptors (Lipinski definition) is 5. The largest absolute Gasteiger partial charge is 0.325 e. The molecule has 3 heterocycles. The maximum atomic E-state index is 12.7. The molecule has 1 N–H and O–H groups in total. The monoisotopic (exact) mass is 408 g/mol. The van der Waals surface area contributed by atoms with Gasteiger partial charge in [0.1, 0.15) is 11.6 Å². The minimum absolute atomic E-state index is 0.0558. The van der Waals surface area contributed by atoms with E-state index in [0.717, 1.165) is 35.7 Å². The Labute approximate surface area is 171 Å². The summed E-state index contributed by atoms with van der Waals surface area (Å²) in [4.78, 5) is 8.99. The van der Waals surface area contributed by atoms with Gasteiger partial charge < -0.3 is 5.32 Å². The van der Waals surface area contributed by atoms with E-state index in [1.54, 1.807) is 10.5 Å². The van der Waals surface area contributed by atoms with Crippen molar-refractivity contribution in [2.24, 2.45) is 0 Å². The van der Waals surface area contributed by atoms with Crippen LogP contribution in [0.1, 0.15) is 30.0 Å². The van der Waals surface area contributed by atoms with Gasteiger partial charge in [-0.25, -0.2) is 22.7 Å². The van der Waals surface area contributed by atoms with Gasteiger partial charge in [0.25, 0.3) is 0 Å². The van der Waals surface area contributed by atoms with E-state index in [-0.39, 0.29) is 11.7 Å². The van der Waals surface area contributed by atoms with Crippen molar-refractivity contribution in [2.75, 3.05) is 18.4 Å². The summed E-state index contributed by atoms with van der Waals surface area (Å²) >= 11 is 0. The molecule has 0 radical (unpaired) electrons. The zero-order valence-corrected chi connectivity index (χ0v) is 16.9. The molecule has 0 spiro atoms. The maximum absolute atomic E-state index is 12.7. The molecule has 1 aromatic carbocycles. The molecule has 1 fully saturated rings. The molecule has 6 nitrogen and oxygen atoms in total. The first-order valence-electron chi connectivity index (χ1n) is 9.77. The van der Waals surface area contributed by atoms with Gasteiger partial charge in [-0.15, -0.1) is 0 Å². The summed E-state index contributed by atoms with van der Waals surface area (Å²) in [6, 6.07) is 20.9. The van der Waals surface area contributed by atoms with E-state index >= 15 is 0 Å². The van der Waals surface area contributed by atoms with Gasteiger partial charge in [-0.05, 0) is 42.7 Å². The molecular weight excluding hydrogens is 384 g/mol. The van der Waals surface area contributed by atoms with E-state index < -0.39 is 10.0 Å². The van der Waals surface area contributed by atoms with E-state index in [4.69, 9.17) is 4.98 Å². The second-order valence-corrected chi connectivity index (χ2v) is 9.17. The van der Waals surface area contributed by atoms with Gasteiger partial charge >= 0.3 is 0 Å². The van der Waals surface area contributed by atoms with Gasteiger partial charge in [0.2, 0.25) is 10.0 Å². The van der Waals surface area contributed by atoms with E-state index in [1.807, 2.05) is 66.7 Å². The Morgan fingerprint density at radius 3 is 2.34 bits per heavy atom. The molecule has 7 heteroatoms. The summed E-state index contributed by atoms with van der Waals surface area (Å²) in [7, 11) is -3.30. The van der Waals surface area contributed by atoms with Crippen molar-refractivity contribution in [1.82, 2.24) is 14.3 Å². The molecule has 2 aromatic heterocycles. The van der Waals surface area contributed by atoms with Crippen LogP contribution in [0.3, 0.4) is 0 Å². The van der Waals surface area contributed by atoms with Crippen molar-refractivity contribution in [2.45, 2.75) is 24.5 Å². The number of nitrogens with zero attached hydrogens (tertiary/aromatic N) is 3. The van der Waals surface area contributed by atoms with Crippen LogP contribution in [0.5, 0.6) is 0 Å². The van der Waals surface area contributed by atoms with Crippen molar-refractivity contribution >= 4 is 21.7 Å². The van der Waals surface area contributed by atoms with Crippen LogP contribution in [0.2, 0.25) is 0 Å². The average Bonchev–Trinajstić information content (AvgIpc) is 2.75. The van der Waals surface area contributed by atoms with Crippen LogP contribution in [0.4, 0.5) is 11.6 Å². The molecule has 0 aliphatic carbocycles. The van der Waals surface area contributed by atoms with Crippen LogP contribution in [-0.2, 0) is 15.8 Å². The lowest BCUT2D eigenvalue weighted by Gasteiger charge is -2.31. The van der Waals surface area contributed by atoms with Gasteiger partial charge in [-0.2, -0.15) is 0 Å².